The molecule has 2 aromatic rings. The second-order valence-corrected chi connectivity index (χ2v) is 10.4. The molecule has 0 atom stereocenters. The smallest absolute Gasteiger partial charge is 0.411 e. The second-order valence-electron chi connectivity index (χ2n) is 8.33. The first kappa shape index (κ1) is 35.2. The molecule has 0 heterocycles. The van der Waals surface area contributed by atoms with E-state index in [9.17, 15) is 0 Å². The number of para-hydroxylation sites is 2. The zero-order chi connectivity index (χ0) is 25.0. The van der Waals surface area contributed by atoms with E-state index in [-0.39, 0.29) is 48.9 Å². The van der Waals surface area contributed by atoms with Gasteiger partial charge in [0.2, 0.25) is 0 Å². The van der Waals surface area contributed by atoms with Gasteiger partial charge < -0.3 is 59.5 Å². The molecule has 2 nitrogen and oxygen atoms in total. The van der Waals surface area contributed by atoms with Crippen LogP contribution >= 0.6 is 24.4 Å². The van der Waals surface area contributed by atoms with Gasteiger partial charge in [0.1, 0.15) is 0 Å². The van der Waals surface area contributed by atoms with Gasteiger partial charge in [0.05, 0.1) is 0 Å². The van der Waals surface area contributed by atoms with Crippen LogP contribution in [0, 0.1) is 0 Å². The molecule has 0 aliphatic heterocycles. The van der Waals surface area contributed by atoms with Crippen LogP contribution in [0.25, 0.3) is 0 Å². The molecule has 0 N–H and O–H groups in total. The predicted octanol–water partition coefficient (Wildman–Crippen LogP) is 8.21. The number of hydrogen-bond donors (Lipinski definition) is 0. The minimum Gasteiger partial charge on any atom is -0.411 e. The number of hydrogen-bond acceptors (Lipinski definition) is 4. The van der Waals surface area contributed by atoms with Crippen molar-refractivity contribution < 1.29 is 0 Å². The van der Waals surface area contributed by atoms with Crippen LogP contribution in [0.15, 0.2) is 60.7 Å². The van der Waals surface area contributed by atoms with E-state index >= 15 is 0 Å². The van der Waals surface area contributed by atoms with E-state index in [2.05, 4.69) is 47.9 Å². The maximum Gasteiger partial charge on any atom is 2.00 e. The normalized spacial score (nSPS) is 9.89. The van der Waals surface area contributed by atoms with Gasteiger partial charge in [-0.05, 0) is 37.1 Å². The maximum absolute atomic E-state index is 5.14. The zero-order valence-electron chi connectivity index (χ0n) is 21.5. The summed E-state index contributed by atoms with van der Waals surface area (Å²) in [6.07, 6.45) is 12.7. The number of rotatable bonds is 14. The molecule has 35 heavy (non-hydrogen) atoms. The fourth-order valence-electron chi connectivity index (χ4n) is 3.61. The predicted molar refractivity (Wildman–Crippen MR) is 171 cm³/mol. The Labute approximate surface area is 276 Å². The molecule has 0 spiro atoms. The fourth-order valence-corrected chi connectivity index (χ4v) is 4.40. The van der Waals surface area contributed by atoms with E-state index < -0.39 is 0 Å². The number of benzene rings is 2. The number of anilines is 2. The van der Waals surface area contributed by atoms with Crippen LogP contribution in [0.3, 0.4) is 0 Å². The van der Waals surface area contributed by atoms with E-state index in [4.69, 9.17) is 49.7 Å². The molecule has 0 saturated carbocycles. The Morgan fingerprint density at radius 2 is 0.886 bits per heavy atom. The molecule has 0 unspecified atom stereocenters. The summed E-state index contributed by atoms with van der Waals surface area (Å²) in [5, 5.41) is 0. The maximum atomic E-state index is 5.14. The molecule has 0 amide bonds. The van der Waals surface area contributed by atoms with Crippen LogP contribution in [-0.2, 0) is 25.3 Å². The average molecular weight is 670 g/mol. The summed E-state index contributed by atoms with van der Waals surface area (Å²) in [6, 6.07) is 20.3. The van der Waals surface area contributed by atoms with Gasteiger partial charge in [0.25, 0.3) is 0 Å². The second kappa shape index (κ2) is 23.4. The van der Waals surface area contributed by atoms with Crippen LogP contribution in [0.1, 0.15) is 78.1 Å². The van der Waals surface area contributed by atoms with Crippen LogP contribution in [0.2, 0.25) is 0 Å². The molecule has 0 radical (unpaired) electrons. The fraction of sp³-hybridized carbons (Fsp3) is 0.500. The van der Waals surface area contributed by atoms with E-state index in [1.807, 2.05) is 36.4 Å². The third-order valence-corrected chi connectivity index (χ3v) is 6.43. The van der Waals surface area contributed by atoms with Gasteiger partial charge in [-0.15, -0.1) is 0 Å². The van der Waals surface area contributed by atoms with Crippen molar-refractivity contribution in [3.63, 3.8) is 0 Å². The molecular weight excluding hydrogens is 630 g/mol. The van der Waals surface area contributed by atoms with Crippen molar-refractivity contribution in [3.05, 3.63) is 60.7 Å². The summed E-state index contributed by atoms with van der Waals surface area (Å²) in [6.45, 7) is 6.34. The number of nitrogens with zero attached hydrogens (tertiary/aromatic N) is 2. The Kier molecular flexibility index (Phi) is 23.5. The Hall–Kier alpha value is 0.231. The van der Waals surface area contributed by atoms with Crippen molar-refractivity contribution in [3.8, 4) is 0 Å². The summed E-state index contributed by atoms with van der Waals surface area (Å²) in [7, 11) is 0. The van der Waals surface area contributed by atoms with Gasteiger partial charge in [-0.1, -0.05) is 110 Å². The molecule has 2 rings (SSSR count). The van der Waals surface area contributed by atoms with E-state index in [1.165, 1.54) is 51.4 Å². The Morgan fingerprint density at radius 1 is 0.571 bits per heavy atom. The summed E-state index contributed by atoms with van der Waals surface area (Å²) in [5.41, 5.74) is 2.23. The molecule has 0 fully saturated rings. The Balaban J connectivity index is 0.000000642. The van der Waals surface area contributed by atoms with Crippen molar-refractivity contribution in [2.75, 3.05) is 22.9 Å². The van der Waals surface area contributed by atoms with Crippen molar-refractivity contribution in [1.82, 2.24) is 0 Å². The topological polar surface area (TPSA) is 6.48 Å². The van der Waals surface area contributed by atoms with Crippen LogP contribution in [-0.4, -0.2) is 70.6 Å². The third-order valence-electron chi connectivity index (χ3n) is 5.55. The van der Waals surface area contributed by atoms with Gasteiger partial charge in [-0.2, -0.15) is 0 Å². The standard InChI is InChI=1S/2C14H21NS2.Ba/c2*1-2-3-4-5-9-12-15(14(16)17)13-10-7-6-8-11-13;/h2*6-8,10-11H,2-5,9,12H2,1H3,(H,16,17);/q;;+2/p-2. The number of thiocarbonyl (C=S) groups is 2. The SMILES string of the molecule is CCCCCCCN(C(=S)[S-])c1ccccc1.CCCCCCCN(C(=S)[S-])c1ccccc1.[Ba+2]. The van der Waals surface area contributed by atoms with Gasteiger partial charge in [0, 0.05) is 24.5 Å². The average Bonchev–Trinajstić information content (AvgIpc) is 2.84. The Morgan fingerprint density at radius 3 is 1.17 bits per heavy atom. The van der Waals surface area contributed by atoms with E-state index in [0.717, 1.165) is 37.3 Å². The molecule has 0 aromatic heterocycles. The monoisotopic (exact) mass is 670 g/mol. The number of unbranched alkanes of at least 4 members (excludes halogenated alkanes) is 8. The first-order valence-corrected chi connectivity index (χ1v) is 14.2. The first-order chi connectivity index (χ1) is 16.5. The van der Waals surface area contributed by atoms with Gasteiger partial charge in [0.15, 0.2) is 0 Å². The molecule has 0 saturated heterocycles. The van der Waals surface area contributed by atoms with E-state index in [0.29, 0.717) is 8.64 Å². The summed E-state index contributed by atoms with van der Waals surface area (Å²) >= 11 is 20.6. The quantitative estimate of drug-likeness (QED) is 0.0860. The van der Waals surface area contributed by atoms with Crippen molar-refractivity contribution in [2.45, 2.75) is 78.1 Å². The molecule has 2 aromatic carbocycles. The van der Waals surface area contributed by atoms with Crippen molar-refractivity contribution >= 4 is 119 Å². The minimum atomic E-state index is 0. The summed E-state index contributed by atoms with van der Waals surface area (Å²) in [4.78, 5) is 4.10. The summed E-state index contributed by atoms with van der Waals surface area (Å²) < 4.78 is 1.10. The van der Waals surface area contributed by atoms with Gasteiger partial charge in [-0.25, -0.2) is 0 Å². The van der Waals surface area contributed by atoms with Gasteiger partial charge >= 0.3 is 48.9 Å². The molecule has 7 heteroatoms. The zero-order valence-corrected chi connectivity index (χ0v) is 29.2. The molecule has 0 bridgehead atoms. The van der Waals surface area contributed by atoms with E-state index in [1.54, 1.807) is 0 Å². The van der Waals surface area contributed by atoms with Crippen molar-refractivity contribution in [2.24, 2.45) is 0 Å². The summed E-state index contributed by atoms with van der Waals surface area (Å²) in [5.74, 6) is 0. The first-order valence-electron chi connectivity index (χ1n) is 12.6. The molecule has 188 valence electrons. The van der Waals surface area contributed by atoms with Crippen LogP contribution in [0.4, 0.5) is 11.4 Å². The Bertz CT molecular complexity index is 723. The molecular formula is C28H40BaN2S4. The minimum absolute atomic E-state index is 0. The third kappa shape index (κ3) is 16.6. The molecule has 0 aliphatic rings. The molecule has 0 aliphatic carbocycles. The van der Waals surface area contributed by atoms with Crippen molar-refractivity contribution in [1.29, 1.82) is 0 Å². The largest absolute Gasteiger partial charge is 2.00 e. The van der Waals surface area contributed by atoms with Crippen LogP contribution in [0.5, 0.6) is 0 Å². The van der Waals surface area contributed by atoms with Gasteiger partial charge in [-0.3, -0.25) is 0 Å². The van der Waals surface area contributed by atoms with Crippen LogP contribution < -0.4 is 9.80 Å².